The van der Waals surface area contributed by atoms with Crippen LogP contribution in [0.2, 0.25) is 0 Å². The van der Waals surface area contributed by atoms with E-state index in [1.807, 2.05) is 19.1 Å². The number of aromatic nitrogens is 1. The standard InChI is InChI=1S/C19H23N3O3S/c1-13-17(26-12-21-13)8-10-25-19(24)14-4-6-16(7-5-14)22-9-2-3-15(11-22)18(20)23/h4-7,12,15H,2-3,8-11H2,1H3,(H2,20,23)/t15-/m0/s1. The first-order chi connectivity index (χ1) is 12.5. The van der Waals surface area contributed by atoms with E-state index in [4.69, 9.17) is 10.5 Å². The molecule has 3 rings (SSSR count). The molecular weight excluding hydrogens is 350 g/mol. The number of aryl methyl sites for hydroxylation is 1. The minimum Gasteiger partial charge on any atom is -0.462 e. The molecule has 2 heterocycles. The van der Waals surface area contributed by atoms with Gasteiger partial charge < -0.3 is 15.4 Å². The van der Waals surface area contributed by atoms with Gasteiger partial charge >= 0.3 is 5.97 Å². The van der Waals surface area contributed by atoms with Crippen molar-refractivity contribution in [2.45, 2.75) is 26.2 Å². The van der Waals surface area contributed by atoms with Crippen LogP contribution in [-0.4, -0.2) is 36.6 Å². The number of esters is 1. The highest BCUT2D eigenvalue weighted by Gasteiger charge is 2.24. The summed E-state index contributed by atoms with van der Waals surface area (Å²) in [5.41, 5.74) is 9.74. The monoisotopic (exact) mass is 373 g/mol. The molecule has 0 saturated carbocycles. The van der Waals surface area contributed by atoms with E-state index in [0.29, 0.717) is 25.1 Å². The molecule has 1 fully saturated rings. The minimum absolute atomic E-state index is 0.108. The van der Waals surface area contributed by atoms with Crippen LogP contribution in [0.5, 0.6) is 0 Å². The van der Waals surface area contributed by atoms with Crippen LogP contribution in [0, 0.1) is 12.8 Å². The number of piperidine rings is 1. The lowest BCUT2D eigenvalue weighted by atomic mass is 9.97. The van der Waals surface area contributed by atoms with E-state index in [-0.39, 0.29) is 17.8 Å². The maximum Gasteiger partial charge on any atom is 0.338 e. The molecule has 2 aromatic rings. The summed E-state index contributed by atoms with van der Waals surface area (Å²) in [6.07, 6.45) is 2.46. The van der Waals surface area contributed by atoms with Gasteiger partial charge in [-0.1, -0.05) is 0 Å². The van der Waals surface area contributed by atoms with Crippen molar-refractivity contribution in [3.8, 4) is 0 Å². The lowest BCUT2D eigenvalue weighted by molar-refractivity contribution is -0.122. The van der Waals surface area contributed by atoms with Crippen LogP contribution in [0.3, 0.4) is 0 Å². The molecule has 2 N–H and O–H groups in total. The Labute approximate surface area is 157 Å². The van der Waals surface area contributed by atoms with Gasteiger partial charge in [0, 0.05) is 30.1 Å². The Morgan fingerprint density at radius 3 is 2.77 bits per heavy atom. The molecule has 0 spiro atoms. The van der Waals surface area contributed by atoms with Crippen molar-refractivity contribution in [1.82, 2.24) is 4.98 Å². The van der Waals surface area contributed by atoms with E-state index in [0.717, 1.165) is 35.6 Å². The lowest BCUT2D eigenvalue weighted by Crippen LogP contribution is -2.41. The number of primary amides is 1. The molecule has 6 nitrogen and oxygen atoms in total. The quantitative estimate of drug-likeness (QED) is 0.787. The molecule has 1 amide bonds. The maximum atomic E-state index is 12.2. The number of benzene rings is 1. The Morgan fingerprint density at radius 2 is 2.12 bits per heavy atom. The van der Waals surface area contributed by atoms with E-state index in [1.54, 1.807) is 29.0 Å². The highest BCUT2D eigenvalue weighted by atomic mass is 32.1. The molecule has 1 saturated heterocycles. The third-order valence-corrected chi connectivity index (χ3v) is 5.69. The molecule has 1 aromatic heterocycles. The van der Waals surface area contributed by atoms with Crippen LogP contribution in [0.1, 0.15) is 33.8 Å². The molecular formula is C19H23N3O3S. The zero-order chi connectivity index (χ0) is 18.5. The smallest absolute Gasteiger partial charge is 0.338 e. The first-order valence-corrected chi connectivity index (χ1v) is 9.63. The number of amides is 1. The van der Waals surface area contributed by atoms with Crippen molar-refractivity contribution in [1.29, 1.82) is 0 Å². The molecule has 7 heteroatoms. The van der Waals surface area contributed by atoms with Crippen molar-refractivity contribution >= 4 is 28.9 Å². The Bertz CT molecular complexity index is 773. The Kier molecular flexibility index (Phi) is 5.88. The van der Waals surface area contributed by atoms with Gasteiger partial charge in [-0.3, -0.25) is 4.79 Å². The Morgan fingerprint density at radius 1 is 1.35 bits per heavy atom. The summed E-state index contributed by atoms with van der Waals surface area (Å²) >= 11 is 1.58. The summed E-state index contributed by atoms with van der Waals surface area (Å²) in [7, 11) is 0. The maximum absolute atomic E-state index is 12.2. The van der Waals surface area contributed by atoms with Gasteiger partial charge in [0.25, 0.3) is 0 Å². The Balaban J connectivity index is 1.54. The number of hydrogen-bond acceptors (Lipinski definition) is 6. The zero-order valence-corrected chi connectivity index (χ0v) is 15.6. The predicted molar refractivity (Wildman–Crippen MR) is 101 cm³/mol. The topological polar surface area (TPSA) is 85.5 Å². The predicted octanol–water partition coefficient (Wildman–Crippen LogP) is 2.55. The highest BCUT2D eigenvalue weighted by Crippen LogP contribution is 2.23. The van der Waals surface area contributed by atoms with E-state index < -0.39 is 0 Å². The summed E-state index contributed by atoms with van der Waals surface area (Å²) in [5, 5.41) is 0. The van der Waals surface area contributed by atoms with Crippen LogP contribution >= 0.6 is 11.3 Å². The van der Waals surface area contributed by atoms with E-state index in [2.05, 4.69) is 9.88 Å². The fourth-order valence-corrected chi connectivity index (χ4v) is 3.90. The molecule has 1 aliphatic heterocycles. The van der Waals surface area contributed by atoms with Crippen LogP contribution in [-0.2, 0) is 16.0 Å². The number of nitrogens with two attached hydrogens (primary N) is 1. The van der Waals surface area contributed by atoms with Gasteiger partial charge in [0.15, 0.2) is 0 Å². The number of rotatable bonds is 6. The van der Waals surface area contributed by atoms with E-state index >= 15 is 0 Å². The van der Waals surface area contributed by atoms with Gasteiger partial charge in [0.2, 0.25) is 5.91 Å². The molecule has 1 aliphatic rings. The average molecular weight is 373 g/mol. The van der Waals surface area contributed by atoms with Crippen molar-refractivity contribution in [2.24, 2.45) is 11.7 Å². The summed E-state index contributed by atoms with van der Waals surface area (Å²) in [6, 6.07) is 7.33. The van der Waals surface area contributed by atoms with E-state index in [9.17, 15) is 9.59 Å². The zero-order valence-electron chi connectivity index (χ0n) is 14.8. The second kappa shape index (κ2) is 8.31. The van der Waals surface area contributed by atoms with Gasteiger partial charge in [-0.2, -0.15) is 0 Å². The van der Waals surface area contributed by atoms with Crippen molar-refractivity contribution in [2.75, 3.05) is 24.6 Å². The summed E-state index contributed by atoms with van der Waals surface area (Å²) in [5.74, 6) is -0.679. The normalized spacial score (nSPS) is 17.1. The summed E-state index contributed by atoms with van der Waals surface area (Å²) < 4.78 is 5.36. The molecule has 0 bridgehead atoms. The largest absolute Gasteiger partial charge is 0.462 e. The van der Waals surface area contributed by atoms with Crippen molar-refractivity contribution in [3.05, 3.63) is 45.9 Å². The molecule has 138 valence electrons. The third kappa shape index (κ3) is 4.40. The summed E-state index contributed by atoms with van der Waals surface area (Å²) in [4.78, 5) is 31.1. The first kappa shape index (κ1) is 18.4. The molecule has 0 radical (unpaired) electrons. The van der Waals surface area contributed by atoms with Crippen LogP contribution in [0.15, 0.2) is 29.8 Å². The highest BCUT2D eigenvalue weighted by molar-refractivity contribution is 7.09. The summed E-state index contributed by atoms with van der Waals surface area (Å²) in [6.45, 7) is 3.82. The first-order valence-electron chi connectivity index (χ1n) is 8.75. The van der Waals surface area contributed by atoms with Crippen molar-refractivity contribution < 1.29 is 14.3 Å². The molecule has 0 aliphatic carbocycles. The SMILES string of the molecule is Cc1ncsc1CCOC(=O)c1ccc(N2CCC[C@H](C(N)=O)C2)cc1. The number of thiazole rings is 1. The van der Waals surface area contributed by atoms with Gasteiger partial charge in [-0.05, 0) is 44.0 Å². The lowest BCUT2D eigenvalue weighted by Gasteiger charge is -2.33. The third-order valence-electron chi connectivity index (χ3n) is 4.70. The van der Waals surface area contributed by atoms with Gasteiger partial charge in [-0.15, -0.1) is 11.3 Å². The average Bonchev–Trinajstić information content (AvgIpc) is 3.07. The number of anilines is 1. The van der Waals surface area contributed by atoms with Crippen LogP contribution in [0.25, 0.3) is 0 Å². The fourth-order valence-electron chi connectivity index (χ4n) is 3.14. The van der Waals surface area contributed by atoms with Crippen LogP contribution < -0.4 is 10.6 Å². The van der Waals surface area contributed by atoms with Crippen molar-refractivity contribution in [3.63, 3.8) is 0 Å². The molecule has 26 heavy (non-hydrogen) atoms. The molecule has 1 atom stereocenters. The number of nitrogens with zero attached hydrogens (tertiary/aromatic N) is 2. The van der Waals surface area contributed by atoms with Crippen LogP contribution in [0.4, 0.5) is 5.69 Å². The van der Waals surface area contributed by atoms with Gasteiger partial charge in [-0.25, -0.2) is 9.78 Å². The Hall–Kier alpha value is -2.41. The number of hydrogen-bond donors (Lipinski definition) is 1. The number of carbonyl (C=O) groups is 2. The molecule has 1 aromatic carbocycles. The molecule has 0 unspecified atom stereocenters. The van der Waals surface area contributed by atoms with Gasteiger partial charge in [0.05, 0.1) is 29.3 Å². The minimum atomic E-state index is -0.327. The second-order valence-corrected chi connectivity index (χ2v) is 7.42. The fraction of sp³-hybridized carbons (Fsp3) is 0.421. The second-order valence-electron chi connectivity index (χ2n) is 6.48. The van der Waals surface area contributed by atoms with Gasteiger partial charge in [0.1, 0.15) is 0 Å². The number of carbonyl (C=O) groups excluding carboxylic acids is 2. The van der Waals surface area contributed by atoms with E-state index in [1.165, 1.54) is 0 Å². The number of ether oxygens (including phenoxy) is 1.